The summed E-state index contributed by atoms with van der Waals surface area (Å²) in [5.41, 5.74) is 2.73. The van der Waals surface area contributed by atoms with Gasteiger partial charge in [0.2, 0.25) is 0 Å². The zero-order chi connectivity index (χ0) is 34.1. The van der Waals surface area contributed by atoms with Gasteiger partial charge in [0.25, 0.3) is 0 Å². The molecule has 0 bridgehead atoms. The molecule has 0 aliphatic carbocycles. The molecule has 1 N–H and O–H groups in total. The van der Waals surface area contributed by atoms with E-state index >= 15 is 0 Å². The fourth-order valence-corrected chi connectivity index (χ4v) is 4.32. The zero-order valence-electron chi connectivity index (χ0n) is 26.4. The molecule has 9 nitrogen and oxygen atoms in total. The molecule has 12 heteroatoms. The zero-order valence-corrected chi connectivity index (χ0v) is 27.2. The molecule has 1 aliphatic rings. The topological polar surface area (TPSA) is 95.6 Å². The average molecular weight is 683 g/mol. The maximum atomic E-state index is 12.9. The minimum absolute atomic E-state index is 0.0840. The summed E-state index contributed by atoms with van der Waals surface area (Å²) in [6, 6.07) is 26.8. The second-order valence-corrected chi connectivity index (χ2v) is 11.2. The van der Waals surface area contributed by atoms with Gasteiger partial charge in [0.05, 0.1) is 0 Å². The van der Waals surface area contributed by atoms with Crippen molar-refractivity contribution in [1.82, 2.24) is 10.2 Å². The van der Waals surface area contributed by atoms with E-state index in [0.29, 0.717) is 37.8 Å². The number of carbonyl (C=O) groups is 2. The number of carbonyl (C=O) groups excluding carboxylic acids is 2. The Labute approximate surface area is 283 Å². The SMILES string of the molecule is CC(Cl)OC(=O)OCc1ccc(OCc2ccc(F)cc2)cc1.O=C(OCc1ccc(OCc2ccc(F)cc2)cc1)N1CCNCC1. The number of ether oxygens (including phenoxy) is 5. The number of alkyl halides is 1. The number of benzene rings is 4. The van der Waals surface area contributed by atoms with E-state index in [1.165, 1.54) is 31.2 Å². The highest BCUT2D eigenvalue weighted by atomic mass is 35.5. The van der Waals surface area contributed by atoms with Crippen molar-refractivity contribution in [1.29, 1.82) is 0 Å². The third-order valence-corrected chi connectivity index (χ3v) is 6.93. The molecule has 1 amide bonds. The van der Waals surface area contributed by atoms with Gasteiger partial charge in [0.1, 0.15) is 49.6 Å². The van der Waals surface area contributed by atoms with Crippen LogP contribution in [-0.2, 0) is 40.6 Å². The number of nitrogens with zero attached hydrogens (tertiary/aromatic N) is 1. The second kappa shape index (κ2) is 19.1. The van der Waals surface area contributed by atoms with E-state index in [1.807, 2.05) is 24.3 Å². The van der Waals surface area contributed by atoms with Gasteiger partial charge in [-0.1, -0.05) is 60.1 Å². The van der Waals surface area contributed by atoms with Gasteiger partial charge in [0.15, 0.2) is 5.56 Å². The molecule has 4 aromatic rings. The van der Waals surface area contributed by atoms with Crippen molar-refractivity contribution in [3.8, 4) is 11.5 Å². The van der Waals surface area contributed by atoms with Gasteiger partial charge in [-0.05, 0) is 77.7 Å². The Kier molecular flexibility index (Phi) is 14.3. The predicted molar refractivity (Wildman–Crippen MR) is 176 cm³/mol. The second-order valence-electron chi connectivity index (χ2n) is 10.6. The minimum Gasteiger partial charge on any atom is -0.489 e. The van der Waals surface area contributed by atoms with Crippen LogP contribution in [0.15, 0.2) is 97.1 Å². The van der Waals surface area contributed by atoms with Crippen LogP contribution >= 0.6 is 11.6 Å². The molecule has 48 heavy (non-hydrogen) atoms. The summed E-state index contributed by atoms with van der Waals surface area (Å²) in [7, 11) is 0. The molecule has 1 aliphatic heterocycles. The molecule has 0 saturated carbocycles. The van der Waals surface area contributed by atoms with Crippen LogP contribution in [0.5, 0.6) is 11.5 Å². The number of amides is 1. The normalized spacial score (nSPS) is 13.0. The van der Waals surface area contributed by atoms with Crippen molar-refractivity contribution in [3.05, 3.63) is 131 Å². The molecule has 0 spiro atoms. The Hall–Kier alpha value is -4.87. The molecular formula is C36H37ClF2N2O7. The first-order chi connectivity index (χ1) is 23.2. The Bertz CT molecular complexity index is 1550. The lowest BCUT2D eigenvalue weighted by atomic mass is 10.2. The monoisotopic (exact) mass is 682 g/mol. The highest BCUT2D eigenvalue weighted by Gasteiger charge is 2.17. The molecule has 1 saturated heterocycles. The van der Waals surface area contributed by atoms with E-state index in [1.54, 1.807) is 53.4 Å². The van der Waals surface area contributed by atoms with Crippen LogP contribution in [0.25, 0.3) is 0 Å². The van der Waals surface area contributed by atoms with Gasteiger partial charge >= 0.3 is 12.2 Å². The minimum atomic E-state index is -0.816. The summed E-state index contributed by atoms with van der Waals surface area (Å²) in [4.78, 5) is 24.8. The Morgan fingerprint density at radius 1 is 0.667 bits per heavy atom. The van der Waals surface area contributed by atoms with Crippen LogP contribution in [0.2, 0.25) is 0 Å². The summed E-state index contributed by atoms with van der Waals surface area (Å²) in [5.74, 6) is 0.834. The number of halogens is 3. The summed E-state index contributed by atoms with van der Waals surface area (Å²) in [5, 5.41) is 3.19. The third kappa shape index (κ3) is 13.1. The quantitative estimate of drug-likeness (QED) is 0.128. The fraction of sp³-hybridized carbons (Fsp3) is 0.278. The molecule has 0 radical (unpaired) electrons. The van der Waals surface area contributed by atoms with Crippen molar-refractivity contribution < 1.29 is 42.1 Å². The van der Waals surface area contributed by atoms with E-state index in [2.05, 4.69) is 10.1 Å². The number of piperazine rings is 1. The number of rotatable bonds is 11. The highest BCUT2D eigenvalue weighted by molar-refractivity contribution is 6.19. The van der Waals surface area contributed by atoms with Crippen molar-refractivity contribution in [3.63, 3.8) is 0 Å². The standard InChI is InChI=1S/C19H21FN2O3.C17H16ClFO4/c20-17-5-1-15(2-6-17)13-24-18-7-3-16(4-8-18)14-25-19(23)22-11-9-21-10-12-22;1-12(18)23-17(20)22-11-14-4-8-16(9-5-14)21-10-13-2-6-15(19)7-3-13/h1-8,21H,9-14H2;2-9,12H,10-11H2,1H3. The third-order valence-electron chi connectivity index (χ3n) is 6.84. The number of nitrogens with one attached hydrogen (secondary N) is 1. The first-order valence-corrected chi connectivity index (χ1v) is 15.7. The molecule has 4 aromatic carbocycles. The number of hydrogen-bond acceptors (Lipinski definition) is 8. The smallest absolute Gasteiger partial charge is 0.489 e. The molecule has 5 rings (SSSR count). The molecular weight excluding hydrogens is 646 g/mol. The lowest BCUT2D eigenvalue weighted by molar-refractivity contribution is 0.0445. The highest BCUT2D eigenvalue weighted by Crippen LogP contribution is 2.17. The number of hydrogen-bond donors (Lipinski definition) is 1. The van der Waals surface area contributed by atoms with Gasteiger partial charge in [-0.25, -0.2) is 18.4 Å². The lowest BCUT2D eigenvalue weighted by Gasteiger charge is -2.26. The van der Waals surface area contributed by atoms with Crippen LogP contribution in [0.4, 0.5) is 18.4 Å². The van der Waals surface area contributed by atoms with Gasteiger partial charge in [-0.3, -0.25) is 0 Å². The molecule has 0 aromatic heterocycles. The van der Waals surface area contributed by atoms with Crippen LogP contribution in [0.1, 0.15) is 29.2 Å². The largest absolute Gasteiger partial charge is 0.510 e. The van der Waals surface area contributed by atoms with E-state index in [0.717, 1.165) is 35.3 Å². The van der Waals surface area contributed by atoms with E-state index in [-0.39, 0.29) is 30.9 Å². The first kappa shape index (κ1) is 36.0. The summed E-state index contributed by atoms with van der Waals surface area (Å²) in [6.07, 6.45) is -1.10. The van der Waals surface area contributed by atoms with Gasteiger partial charge in [0, 0.05) is 26.2 Å². The molecule has 1 heterocycles. The van der Waals surface area contributed by atoms with Crippen molar-refractivity contribution in [2.24, 2.45) is 0 Å². The maximum Gasteiger partial charge on any atom is 0.510 e. The Morgan fingerprint density at radius 3 is 1.50 bits per heavy atom. The van der Waals surface area contributed by atoms with Crippen molar-refractivity contribution >= 4 is 23.8 Å². The van der Waals surface area contributed by atoms with Crippen LogP contribution in [-0.4, -0.2) is 48.9 Å². The summed E-state index contributed by atoms with van der Waals surface area (Å²) < 4.78 is 51.8. The van der Waals surface area contributed by atoms with E-state index in [4.69, 9.17) is 30.5 Å². The molecule has 1 fully saturated rings. The maximum absolute atomic E-state index is 12.9. The van der Waals surface area contributed by atoms with Gasteiger partial charge in [-0.2, -0.15) is 0 Å². The summed E-state index contributed by atoms with van der Waals surface area (Å²) in [6.45, 7) is 5.51. The Balaban J connectivity index is 0.000000218. The molecule has 1 atom stereocenters. The van der Waals surface area contributed by atoms with Crippen LogP contribution in [0, 0.1) is 11.6 Å². The van der Waals surface area contributed by atoms with Crippen molar-refractivity contribution in [2.75, 3.05) is 26.2 Å². The van der Waals surface area contributed by atoms with E-state index in [9.17, 15) is 18.4 Å². The predicted octanol–water partition coefficient (Wildman–Crippen LogP) is 7.59. The summed E-state index contributed by atoms with van der Waals surface area (Å²) >= 11 is 5.51. The van der Waals surface area contributed by atoms with Crippen LogP contribution < -0.4 is 14.8 Å². The first-order valence-electron chi connectivity index (χ1n) is 15.3. The fourth-order valence-electron chi connectivity index (χ4n) is 4.25. The molecule has 1 unspecified atom stereocenters. The van der Waals surface area contributed by atoms with Crippen LogP contribution in [0.3, 0.4) is 0 Å². The van der Waals surface area contributed by atoms with Gasteiger partial charge in [-0.15, -0.1) is 0 Å². The van der Waals surface area contributed by atoms with Gasteiger partial charge < -0.3 is 33.9 Å². The van der Waals surface area contributed by atoms with E-state index < -0.39 is 11.7 Å². The van der Waals surface area contributed by atoms with Crippen molar-refractivity contribution in [2.45, 2.75) is 38.9 Å². The average Bonchev–Trinajstić information content (AvgIpc) is 3.10. The Morgan fingerprint density at radius 2 is 1.06 bits per heavy atom. The molecule has 254 valence electrons. The lowest BCUT2D eigenvalue weighted by Crippen LogP contribution is -2.46.